The van der Waals surface area contributed by atoms with E-state index in [9.17, 15) is 0 Å². The van der Waals surface area contributed by atoms with Crippen LogP contribution in [-0.2, 0) is 12.8 Å². The first-order valence-electron chi connectivity index (χ1n) is 10.7. The SMILES string of the molecule is CCCCCCCCc1ccc2c(c1-c1ccccc1)Cc1ccccc1-2. The number of benzene rings is 3. The molecule has 0 N–H and O–H groups in total. The van der Waals surface area contributed by atoms with Crippen molar-refractivity contribution in [2.75, 3.05) is 0 Å². The van der Waals surface area contributed by atoms with Gasteiger partial charge in [-0.15, -0.1) is 0 Å². The number of rotatable bonds is 8. The topological polar surface area (TPSA) is 0 Å². The Labute approximate surface area is 164 Å². The molecule has 0 saturated heterocycles. The third-order valence-corrected chi connectivity index (χ3v) is 5.94. The lowest BCUT2D eigenvalue weighted by Gasteiger charge is -2.16. The summed E-state index contributed by atoms with van der Waals surface area (Å²) >= 11 is 0. The maximum absolute atomic E-state index is 2.40. The minimum absolute atomic E-state index is 1.07. The third kappa shape index (κ3) is 3.86. The van der Waals surface area contributed by atoms with Gasteiger partial charge in [-0.3, -0.25) is 0 Å². The van der Waals surface area contributed by atoms with E-state index in [-0.39, 0.29) is 0 Å². The molecule has 0 aliphatic heterocycles. The molecule has 0 radical (unpaired) electrons. The van der Waals surface area contributed by atoms with Crippen LogP contribution in [0.1, 0.15) is 62.1 Å². The van der Waals surface area contributed by atoms with Crippen LogP contribution in [0.15, 0.2) is 66.7 Å². The summed E-state index contributed by atoms with van der Waals surface area (Å²) in [5, 5.41) is 0. The summed E-state index contributed by atoms with van der Waals surface area (Å²) < 4.78 is 0. The van der Waals surface area contributed by atoms with Crippen LogP contribution in [0.2, 0.25) is 0 Å². The fourth-order valence-corrected chi connectivity index (χ4v) is 4.53. The van der Waals surface area contributed by atoms with Crippen molar-refractivity contribution in [2.24, 2.45) is 0 Å². The van der Waals surface area contributed by atoms with Crippen molar-refractivity contribution in [2.45, 2.75) is 58.3 Å². The van der Waals surface area contributed by atoms with E-state index in [0.29, 0.717) is 0 Å². The van der Waals surface area contributed by atoms with Crippen LogP contribution in [0.5, 0.6) is 0 Å². The van der Waals surface area contributed by atoms with Gasteiger partial charge in [0.2, 0.25) is 0 Å². The molecule has 1 aliphatic carbocycles. The summed E-state index contributed by atoms with van der Waals surface area (Å²) in [4.78, 5) is 0. The van der Waals surface area contributed by atoms with Gasteiger partial charge in [-0.05, 0) is 58.2 Å². The summed E-state index contributed by atoms with van der Waals surface area (Å²) in [5.41, 5.74) is 10.3. The van der Waals surface area contributed by atoms with Crippen molar-refractivity contribution in [1.82, 2.24) is 0 Å². The normalized spacial score (nSPS) is 12.0. The zero-order chi connectivity index (χ0) is 18.5. The Bertz CT molecular complexity index is 889. The van der Waals surface area contributed by atoms with Crippen molar-refractivity contribution in [3.63, 3.8) is 0 Å². The molecule has 0 fully saturated rings. The number of hydrogen-bond acceptors (Lipinski definition) is 0. The Kier molecular flexibility index (Phi) is 5.72. The van der Waals surface area contributed by atoms with E-state index in [0.717, 1.165) is 6.42 Å². The van der Waals surface area contributed by atoms with Crippen molar-refractivity contribution in [1.29, 1.82) is 0 Å². The predicted octanol–water partition coefficient (Wildman–Crippen LogP) is 7.83. The minimum atomic E-state index is 1.07. The molecule has 0 spiro atoms. The molecular weight excluding hydrogens is 324 g/mol. The van der Waals surface area contributed by atoms with Gasteiger partial charge >= 0.3 is 0 Å². The van der Waals surface area contributed by atoms with E-state index in [2.05, 4.69) is 73.7 Å². The van der Waals surface area contributed by atoms with E-state index in [1.165, 1.54) is 83.9 Å². The Morgan fingerprint density at radius 1 is 0.667 bits per heavy atom. The predicted molar refractivity (Wildman–Crippen MR) is 117 cm³/mol. The van der Waals surface area contributed by atoms with Gasteiger partial charge in [-0.25, -0.2) is 0 Å². The Morgan fingerprint density at radius 2 is 1.41 bits per heavy atom. The zero-order valence-corrected chi connectivity index (χ0v) is 16.5. The molecule has 0 heterocycles. The molecule has 0 nitrogen and oxygen atoms in total. The molecule has 0 amide bonds. The van der Waals surface area contributed by atoms with Crippen LogP contribution >= 0.6 is 0 Å². The molecule has 0 bridgehead atoms. The average Bonchev–Trinajstić information content (AvgIpc) is 3.09. The highest BCUT2D eigenvalue weighted by atomic mass is 14.3. The van der Waals surface area contributed by atoms with Gasteiger partial charge in [-0.1, -0.05) is 106 Å². The second kappa shape index (κ2) is 8.57. The van der Waals surface area contributed by atoms with Crippen molar-refractivity contribution in [3.05, 3.63) is 83.4 Å². The summed E-state index contributed by atoms with van der Waals surface area (Å²) in [5.74, 6) is 0. The second-order valence-corrected chi connectivity index (χ2v) is 7.84. The Morgan fingerprint density at radius 3 is 2.26 bits per heavy atom. The zero-order valence-electron chi connectivity index (χ0n) is 16.5. The molecule has 3 aromatic carbocycles. The monoisotopic (exact) mass is 354 g/mol. The molecule has 27 heavy (non-hydrogen) atoms. The van der Waals surface area contributed by atoms with Crippen LogP contribution in [0.4, 0.5) is 0 Å². The third-order valence-electron chi connectivity index (χ3n) is 5.94. The van der Waals surface area contributed by atoms with Crippen LogP contribution in [-0.4, -0.2) is 0 Å². The van der Waals surface area contributed by atoms with Gasteiger partial charge in [0, 0.05) is 0 Å². The van der Waals surface area contributed by atoms with Crippen LogP contribution < -0.4 is 0 Å². The van der Waals surface area contributed by atoms with Crippen molar-refractivity contribution >= 4 is 0 Å². The number of unbranched alkanes of at least 4 members (excludes halogenated alkanes) is 5. The Hall–Kier alpha value is -2.34. The largest absolute Gasteiger partial charge is 0.0654 e. The molecule has 0 aromatic heterocycles. The summed E-state index contributed by atoms with van der Waals surface area (Å²) in [6, 6.07) is 24.7. The number of aryl methyl sites for hydroxylation is 1. The molecule has 138 valence electrons. The molecule has 0 heteroatoms. The summed E-state index contributed by atoms with van der Waals surface area (Å²) in [6.07, 6.45) is 10.4. The first kappa shape index (κ1) is 18.0. The fourth-order valence-electron chi connectivity index (χ4n) is 4.53. The molecule has 0 atom stereocenters. The van der Waals surface area contributed by atoms with Gasteiger partial charge in [0.05, 0.1) is 0 Å². The van der Waals surface area contributed by atoms with E-state index in [1.54, 1.807) is 0 Å². The smallest absolute Gasteiger partial charge is 0.000718 e. The van der Waals surface area contributed by atoms with Gasteiger partial charge < -0.3 is 0 Å². The van der Waals surface area contributed by atoms with E-state index < -0.39 is 0 Å². The molecule has 4 rings (SSSR count). The standard InChI is InChI=1S/C27H30/c1-2-3-4-5-6-8-15-22-18-19-25-24-17-12-11-16-23(24)20-26(25)27(22)21-13-9-7-10-14-21/h7,9-14,16-19H,2-6,8,15,20H2,1H3. The summed E-state index contributed by atoms with van der Waals surface area (Å²) in [6.45, 7) is 2.29. The fraction of sp³-hybridized carbons (Fsp3) is 0.333. The van der Waals surface area contributed by atoms with E-state index in [4.69, 9.17) is 0 Å². The molecular formula is C27H30. The molecule has 0 saturated carbocycles. The van der Waals surface area contributed by atoms with Gasteiger partial charge in [0.1, 0.15) is 0 Å². The van der Waals surface area contributed by atoms with Crippen LogP contribution in [0.25, 0.3) is 22.3 Å². The van der Waals surface area contributed by atoms with Crippen LogP contribution in [0.3, 0.4) is 0 Å². The quantitative estimate of drug-likeness (QED) is 0.283. The highest BCUT2D eigenvalue weighted by molar-refractivity contribution is 5.86. The minimum Gasteiger partial charge on any atom is -0.0654 e. The Balaban J connectivity index is 1.63. The number of hydrogen-bond donors (Lipinski definition) is 0. The first-order valence-corrected chi connectivity index (χ1v) is 10.7. The van der Waals surface area contributed by atoms with E-state index in [1.807, 2.05) is 0 Å². The van der Waals surface area contributed by atoms with Crippen molar-refractivity contribution in [3.8, 4) is 22.3 Å². The van der Waals surface area contributed by atoms with Crippen LogP contribution in [0, 0.1) is 0 Å². The molecule has 1 aliphatic rings. The highest BCUT2D eigenvalue weighted by Gasteiger charge is 2.23. The highest BCUT2D eigenvalue weighted by Crippen LogP contribution is 2.43. The molecule has 0 unspecified atom stereocenters. The first-order chi connectivity index (χ1) is 13.4. The average molecular weight is 355 g/mol. The lowest BCUT2D eigenvalue weighted by atomic mass is 9.89. The van der Waals surface area contributed by atoms with Crippen molar-refractivity contribution < 1.29 is 0 Å². The van der Waals surface area contributed by atoms with Gasteiger partial charge in [-0.2, -0.15) is 0 Å². The van der Waals surface area contributed by atoms with Gasteiger partial charge in [0.25, 0.3) is 0 Å². The summed E-state index contributed by atoms with van der Waals surface area (Å²) in [7, 11) is 0. The number of fused-ring (bicyclic) bond motifs is 3. The van der Waals surface area contributed by atoms with E-state index >= 15 is 0 Å². The second-order valence-electron chi connectivity index (χ2n) is 7.84. The lowest BCUT2D eigenvalue weighted by Crippen LogP contribution is -1.96. The maximum atomic E-state index is 2.40. The lowest BCUT2D eigenvalue weighted by molar-refractivity contribution is 0.607. The molecule has 3 aromatic rings. The van der Waals surface area contributed by atoms with Gasteiger partial charge in [0.15, 0.2) is 0 Å². The maximum Gasteiger partial charge on any atom is -0.000718 e.